The normalized spacial score (nSPS) is 18.2. The third kappa shape index (κ3) is 4.64. The Balaban J connectivity index is 1.67. The Labute approximate surface area is 169 Å². The van der Waals surface area contributed by atoms with Crippen LogP contribution in [-0.4, -0.2) is 49.6 Å². The molecule has 1 aliphatic heterocycles. The van der Waals surface area contributed by atoms with E-state index in [2.05, 4.69) is 26.5 Å². The topological polar surface area (TPSA) is 114 Å². The third-order valence-electron chi connectivity index (χ3n) is 4.78. The molecule has 2 aromatic rings. The van der Waals surface area contributed by atoms with Crippen LogP contribution in [0.25, 0.3) is 0 Å². The van der Waals surface area contributed by atoms with Crippen LogP contribution in [0.2, 0.25) is 0 Å². The summed E-state index contributed by atoms with van der Waals surface area (Å²) in [7, 11) is 2.97. The van der Waals surface area contributed by atoms with Gasteiger partial charge in [0.1, 0.15) is 23.1 Å². The predicted molar refractivity (Wildman–Crippen MR) is 107 cm³/mol. The Kier molecular flexibility index (Phi) is 6.63. The number of rotatable bonds is 7. The molecule has 1 aromatic carbocycles. The molecule has 1 aromatic heterocycles. The largest absolute Gasteiger partial charge is 0.496 e. The second kappa shape index (κ2) is 9.35. The van der Waals surface area contributed by atoms with Crippen molar-refractivity contribution in [1.29, 1.82) is 0 Å². The highest BCUT2D eigenvalue weighted by atomic mass is 16.5. The van der Waals surface area contributed by atoms with Gasteiger partial charge in [-0.15, -0.1) is 0 Å². The summed E-state index contributed by atoms with van der Waals surface area (Å²) in [5.74, 6) is 0.172. The van der Waals surface area contributed by atoms with Crippen molar-refractivity contribution in [3.63, 3.8) is 0 Å². The van der Waals surface area contributed by atoms with Crippen molar-refractivity contribution in [2.24, 2.45) is 0 Å². The first-order valence-electron chi connectivity index (χ1n) is 9.23. The van der Waals surface area contributed by atoms with E-state index in [0.29, 0.717) is 24.6 Å². The zero-order valence-electron chi connectivity index (χ0n) is 16.6. The second-order valence-corrected chi connectivity index (χ2v) is 6.61. The number of ether oxygens (including phenoxy) is 2. The number of amides is 2. The van der Waals surface area contributed by atoms with Crippen LogP contribution in [0, 0.1) is 6.92 Å². The molecule has 0 aliphatic carbocycles. The minimum absolute atomic E-state index is 0.239. The summed E-state index contributed by atoms with van der Waals surface area (Å²) in [5.41, 5.74) is 7.92. The van der Waals surface area contributed by atoms with Crippen LogP contribution in [0.3, 0.4) is 0 Å². The number of aromatic nitrogens is 1. The predicted octanol–water partition coefficient (Wildman–Crippen LogP) is 0.298. The van der Waals surface area contributed by atoms with Gasteiger partial charge in [-0.1, -0.05) is 12.1 Å². The molecule has 29 heavy (non-hydrogen) atoms. The SMILES string of the molecule is COc1cccc(OC)c1C(=O)NC1CNNC1C(=O)NCc1ncccc1C. The van der Waals surface area contributed by atoms with E-state index in [4.69, 9.17) is 9.47 Å². The quantitative estimate of drug-likeness (QED) is 0.530. The number of aryl methyl sites for hydroxylation is 1. The molecule has 2 unspecified atom stereocenters. The number of carbonyl (C=O) groups is 2. The Morgan fingerprint density at radius 1 is 1.17 bits per heavy atom. The molecule has 1 saturated heterocycles. The number of hydrogen-bond acceptors (Lipinski definition) is 7. The van der Waals surface area contributed by atoms with Gasteiger partial charge in [0.2, 0.25) is 5.91 Å². The van der Waals surface area contributed by atoms with Crippen molar-refractivity contribution in [3.05, 3.63) is 53.3 Å². The van der Waals surface area contributed by atoms with Gasteiger partial charge in [-0.05, 0) is 30.7 Å². The van der Waals surface area contributed by atoms with Gasteiger partial charge >= 0.3 is 0 Å². The molecule has 1 aliphatic rings. The van der Waals surface area contributed by atoms with Gasteiger partial charge in [0, 0.05) is 12.7 Å². The Bertz CT molecular complexity index is 867. The van der Waals surface area contributed by atoms with E-state index < -0.39 is 12.1 Å². The fraction of sp³-hybridized carbons (Fsp3) is 0.350. The van der Waals surface area contributed by atoms with Crippen LogP contribution in [-0.2, 0) is 11.3 Å². The number of hydrogen-bond donors (Lipinski definition) is 4. The van der Waals surface area contributed by atoms with Crippen LogP contribution < -0.4 is 31.0 Å². The lowest BCUT2D eigenvalue weighted by Crippen LogP contribution is -2.53. The number of methoxy groups -OCH3 is 2. The highest BCUT2D eigenvalue weighted by Gasteiger charge is 2.35. The lowest BCUT2D eigenvalue weighted by molar-refractivity contribution is -0.123. The summed E-state index contributed by atoms with van der Waals surface area (Å²) in [5, 5.41) is 5.75. The molecule has 9 heteroatoms. The van der Waals surface area contributed by atoms with Crippen molar-refractivity contribution < 1.29 is 19.1 Å². The number of nitrogens with zero attached hydrogens (tertiary/aromatic N) is 1. The molecule has 0 saturated carbocycles. The van der Waals surface area contributed by atoms with E-state index in [-0.39, 0.29) is 17.4 Å². The van der Waals surface area contributed by atoms with E-state index in [9.17, 15) is 9.59 Å². The minimum atomic E-state index is -0.635. The molecule has 154 valence electrons. The molecular weight excluding hydrogens is 374 g/mol. The van der Waals surface area contributed by atoms with E-state index >= 15 is 0 Å². The molecular formula is C20H25N5O4. The molecule has 0 bridgehead atoms. The fourth-order valence-electron chi connectivity index (χ4n) is 3.18. The summed E-state index contributed by atoms with van der Waals surface area (Å²) in [6.45, 7) is 2.64. The number of hydrazine groups is 1. The van der Waals surface area contributed by atoms with Crippen LogP contribution in [0.5, 0.6) is 11.5 Å². The van der Waals surface area contributed by atoms with Gasteiger partial charge in [-0.3, -0.25) is 20.0 Å². The first-order valence-corrected chi connectivity index (χ1v) is 9.23. The van der Waals surface area contributed by atoms with E-state index in [1.165, 1.54) is 14.2 Å². The lowest BCUT2D eigenvalue weighted by Gasteiger charge is -2.20. The second-order valence-electron chi connectivity index (χ2n) is 6.61. The summed E-state index contributed by atoms with van der Waals surface area (Å²) in [4.78, 5) is 29.8. The number of benzene rings is 1. The zero-order chi connectivity index (χ0) is 20.8. The van der Waals surface area contributed by atoms with Gasteiger partial charge in [0.25, 0.3) is 5.91 Å². The van der Waals surface area contributed by atoms with Crippen molar-refractivity contribution in [1.82, 2.24) is 26.5 Å². The molecule has 9 nitrogen and oxygen atoms in total. The Hall–Kier alpha value is -3.17. The van der Waals surface area contributed by atoms with Crippen molar-refractivity contribution in [3.8, 4) is 11.5 Å². The molecule has 3 rings (SSSR count). The van der Waals surface area contributed by atoms with Crippen molar-refractivity contribution in [2.75, 3.05) is 20.8 Å². The number of carbonyl (C=O) groups excluding carboxylic acids is 2. The first-order chi connectivity index (χ1) is 14.0. The van der Waals surface area contributed by atoms with Gasteiger partial charge < -0.3 is 20.1 Å². The van der Waals surface area contributed by atoms with Gasteiger partial charge in [-0.25, -0.2) is 5.43 Å². The smallest absolute Gasteiger partial charge is 0.259 e. The van der Waals surface area contributed by atoms with Gasteiger partial charge in [-0.2, -0.15) is 0 Å². The fourth-order valence-corrected chi connectivity index (χ4v) is 3.18. The highest BCUT2D eigenvalue weighted by molar-refractivity contribution is 6.00. The summed E-state index contributed by atoms with van der Waals surface area (Å²) in [6.07, 6.45) is 1.69. The highest BCUT2D eigenvalue weighted by Crippen LogP contribution is 2.28. The molecule has 4 N–H and O–H groups in total. The Morgan fingerprint density at radius 3 is 2.55 bits per heavy atom. The Morgan fingerprint density at radius 2 is 1.90 bits per heavy atom. The van der Waals surface area contributed by atoms with E-state index in [1.807, 2.05) is 19.1 Å². The number of nitrogens with one attached hydrogen (secondary N) is 4. The summed E-state index contributed by atoms with van der Waals surface area (Å²) < 4.78 is 10.6. The minimum Gasteiger partial charge on any atom is -0.496 e. The van der Waals surface area contributed by atoms with Crippen LogP contribution in [0.15, 0.2) is 36.5 Å². The van der Waals surface area contributed by atoms with Crippen molar-refractivity contribution >= 4 is 11.8 Å². The van der Waals surface area contributed by atoms with Gasteiger partial charge in [0.15, 0.2) is 0 Å². The molecule has 0 spiro atoms. The van der Waals surface area contributed by atoms with Crippen LogP contribution in [0.1, 0.15) is 21.6 Å². The zero-order valence-corrected chi connectivity index (χ0v) is 16.6. The standard InChI is InChI=1S/C20H25N5O4/c1-12-6-5-9-21-13(12)10-22-20(27)18-14(11-23-25-18)24-19(26)17-15(28-2)7-4-8-16(17)29-3/h4-9,14,18,23,25H,10-11H2,1-3H3,(H,22,27)(H,24,26). The first kappa shape index (κ1) is 20.6. The van der Waals surface area contributed by atoms with Crippen molar-refractivity contribution in [2.45, 2.75) is 25.6 Å². The van der Waals surface area contributed by atoms with Crippen LogP contribution >= 0.6 is 0 Å². The lowest BCUT2D eigenvalue weighted by atomic mass is 10.1. The molecule has 2 atom stereocenters. The van der Waals surface area contributed by atoms with Gasteiger partial charge in [0.05, 0.1) is 32.5 Å². The van der Waals surface area contributed by atoms with E-state index in [1.54, 1.807) is 24.4 Å². The average molecular weight is 399 g/mol. The molecule has 0 radical (unpaired) electrons. The maximum atomic E-state index is 12.9. The summed E-state index contributed by atoms with van der Waals surface area (Å²) in [6, 6.07) is 7.80. The summed E-state index contributed by atoms with van der Waals surface area (Å²) >= 11 is 0. The molecule has 2 amide bonds. The molecule has 2 heterocycles. The average Bonchev–Trinajstić information content (AvgIpc) is 3.20. The number of pyridine rings is 1. The maximum absolute atomic E-state index is 12.9. The third-order valence-corrected chi connectivity index (χ3v) is 4.78. The van der Waals surface area contributed by atoms with E-state index in [0.717, 1.165) is 11.3 Å². The van der Waals surface area contributed by atoms with Crippen LogP contribution in [0.4, 0.5) is 0 Å². The monoisotopic (exact) mass is 399 g/mol. The molecule has 1 fully saturated rings. The maximum Gasteiger partial charge on any atom is 0.259 e.